The third kappa shape index (κ3) is 8.20. The van der Waals surface area contributed by atoms with E-state index in [0.29, 0.717) is 17.2 Å². The molecule has 1 N–H and O–H groups in total. The number of anilines is 1. The van der Waals surface area contributed by atoms with Crippen molar-refractivity contribution in [2.75, 3.05) is 46.4 Å². The van der Waals surface area contributed by atoms with Gasteiger partial charge in [-0.1, -0.05) is 25.0 Å². The highest BCUT2D eigenvalue weighted by atomic mass is 32.2. The van der Waals surface area contributed by atoms with E-state index in [-0.39, 0.29) is 40.6 Å². The van der Waals surface area contributed by atoms with Crippen molar-refractivity contribution in [3.63, 3.8) is 0 Å². The van der Waals surface area contributed by atoms with Gasteiger partial charge < -0.3 is 33.9 Å². The van der Waals surface area contributed by atoms with Crippen LogP contribution in [0.3, 0.4) is 0 Å². The number of amides is 2. The van der Waals surface area contributed by atoms with Crippen molar-refractivity contribution in [2.24, 2.45) is 0 Å². The Morgan fingerprint density at radius 3 is 1.98 bits per heavy atom. The summed E-state index contributed by atoms with van der Waals surface area (Å²) >= 11 is 0. The molecule has 1 saturated carbocycles. The molecule has 2 amide bonds. The van der Waals surface area contributed by atoms with Crippen molar-refractivity contribution in [2.45, 2.75) is 56.1 Å². The Labute approximate surface area is 276 Å². The molecular weight excluding hydrogens is 626 g/mol. The third-order valence-electron chi connectivity index (χ3n) is 8.26. The molecule has 12 nitrogen and oxygen atoms in total. The molecule has 1 fully saturated rings. The zero-order valence-corrected chi connectivity index (χ0v) is 28.5. The lowest BCUT2D eigenvalue weighted by Crippen LogP contribution is -2.52. The molecule has 0 spiro atoms. The second kappa shape index (κ2) is 15.8. The van der Waals surface area contributed by atoms with Gasteiger partial charge in [-0.2, -0.15) is 0 Å². The molecular formula is C34H43N3O9S. The first-order valence-electron chi connectivity index (χ1n) is 15.3. The average Bonchev–Trinajstić information content (AvgIpc) is 3.61. The minimum absolute atomic E-state index is 0.0332. The summed E-state index contributed by atoms with van der Waals surface area (Å²) in [5.41, 5.74) is 0.801. The molecule has 3 aromatic rings. The van der Waals surface area contributed by atoms with E-state index in [0.717, 1.165) is 35.6 Å². The molecule has 1 aliphatic rings. The number of hydrogen-bond acceptors (Lipinski definition) is 9. The van der Waals surface area contributed by atoms with Gasteiger partial charge in [0.2, 0.25) is 11.8 Å². The molecule has 0 heterocycles. The summed E-state index contributed by atoms with van der Waals surface area (Å²) in [6.45, 7) is 1.03. The predicted molar refractivity (Wildman–Crippen MR) is 177 cm³/mol. The lowest BCUT2D eigenvalue weighted by Gasteiger charge is -2.33. The standard InChI is InChI=1S/C34H43N3O9S/c1-23(34(39)35-25-9-7-8-10-25)36(21-24-11-13-26(42-2)14-12-24)33(38)22-37(29-19-27(43-3)15-17-30(29)44-4)47(40,41)28-16-18-31(45-5)32(20-28)46-6/h11-20,23,25H,7-10,21-22H2,1-6H3,(H,35,39)/t23-/m1/s1. The van der Waals surface area contributed by atoms with Crippen LogP contribution < -0.4 is 33.3 Å². The van der Waals surface area contributed by atoms with Crippen molar-refractivity contribution in [1.29, 1.82) is 0 Å². The van der Waals surface area contributed by atoms with E-state index in [1.165, 1.54) is 57.6 Å². The SMILES string of the molecule is COc1ccc(CN(C(=O)CN(c2cc(OC)ccc2OC)S(=O)(=O)c2ccc(OC)c(OC)c2)[C@H](C)C(=O)NC2CCCC2)cc1. The Kier molecular flexibility index (Phi) is 11.8. The molecule has 4 rings (SSSR count). The third-order valence-corrected chi connectivity index (χ3v) is 10.0. The summed E-state index contributed by atoms with van der Waals surface area (Å²) in [5, 5.41) is 3.07. The van der Waals surface area contributed by atoms with Crippen molar-refractivity contribution < 1.29 is 41.7 Å². The van der Waals surface area contributed by atoms with Crippen LogP contribution in [-0.2, 0) is 26.2 Å². The largest absolute Gasteiger partial charge is 0.497 e. The first-order valence-corrected chi connectivity index (χ1v) is 16.7. The Bertz CT molecular complexity index is 1640. The highest BCUT2D eigenvalue weighted by molar-refractivity contribution is 7.92. The van der Waals surface area contributed by atoms with Gasteiger partial charge in [-0.15, -0.1) is 0 Å². The van der Waals surface area contributed by atoms with Crippen molar-refractivity contribution in [3.05, 3.63) is 66.2 Å². The van der Waals surface area contributed by atoms with Gasteiger partial charge in [-0.25, -0.2) is 8.42 Å². The van der Waals surface area contributed by atoms with Crippen molar-refractivity contribution in [3.8, 4) is 28.7 Å². The lowest BCUT2D eigenvalue weighted by atomic mass is 10.1. The maximum Gasteiger partial charge on any atom is 0.265 e. The van der Waals surface area contributed by atoms with Gasteiger partial charge in [0, 0.05) is 24.7 Å². The van der Waals surface area contributed by atoms with E-state index >= 15 is 0 Å². The molecule has 1 aliphatic carbocycles. The van der Waals surface area contributed by atoms with Crippen LogP contribution in [0, 0.1) is 0 Å². The van der Waals surface area contributed by atoms with Crippen LogP contribution in [0.4, 0.5) is 5.69 Å². The van der Waals surface area contributed by atoms with Gasteiger partial charge in [0.1, 0.15) is 29.8 Å². The van der Waals surface area contributed by atoms with Crippen molar-refractivity contribution >= 4 is 27.5 Å². The fourth-order valence-corrected chi connectivity index (χ4v) is 6.94. The Morgan fingerprint density at radius 2 is 1.38 bits per heavy atom. The van der Waals surface area contributed by atoms with Crippen LogP contribution in [0.15, 0.2) is 65.6 Å². The van der Waals surface area contributed by atoms with Crippen LogP contribution in [0.25, 0.3) is 0 Å². The summed E-state index contributed by atoms with van der Waals surface area (Å²) in [4.78, 5) is 29.1. The molecule has 1 atom stereocenters. The van der Waals surface area contributed by atoms with Gasteiger partial charge in [-0.05, 0) is 61.7 Å². The predicted octanol–water partition coefficient (Wildman–Crippen LogP) is 4.40. The number of rotatable bonds is 15. The maximum atomic E-state index is 14.5. The summed E-state index contributed by atoms with van der Waals surface area (Å²) < 4.78 is 56.8. The lowest BCUT2D eigenvalue weighted by molar-refractivity contribution is -0.139. The Morgan fingerprint density at radius 1 is 0.787 bits per heavy atom. The molecule has 13 heteroatoms. The van der Waals surface area contributed by atoms with Gasteiger partial charge in [0.15, 0.2) is 11.5 Å². The van der Waals surface area contributed by atoms with Gasteiger partial charge in [-0.3, -0.25) is 13.9 Å². The molecule has 47 heavy (non-hydrogen) atoms. The minimum atomic E-state index is -4.45. The molecule has 0 bridgehead atoms. The zero-order chi connectivity index (χ0) is 34.1. The van der Waals surface area contributed by atoms with Crippen LogP contribution in [0.2, 0.25) is 0 Å². The summed E-state index contributed by atoms with van der Waals surface area (Å²) in [7, 11) is 2.80. The number of carbonyl (C=O) groups excluding carboxylic acids is 2. The van der Waals surface area contributed by atoms with Crippen LogP contribution in [0.5, 0.6) is 28.7 Å². The average molecular weight is 670 g/mol. The first-order chi connectivity index (χ1) is 22.6. The fraction of sp³-hybridized carbons (Fsp3) is 0.412. The van der Waals surface area contributed by atoms with Gasteiger partial charge >= 0.3 is 0 Å². The second-order valence-corrected chi connectivity index (χ2v) is 13.0. The number of benzene rings is 3. The number of nitrogens with one attached hydrogen (secondary N) is 1. The van der Waals surface area contributed by atoms with E-state index in [1.807, 2.05) is 0 Å². The second-order valence-electron chi connectivity index (χ2n) is 11.1. The number of nitrogens with zero attached hydrogens (tertiary/aromatic N) is 2. The topological polar surface area (TPSA) is 133 Å². The quantitative estimate of drug-likeness (QED) is 0.250. The van der Waals surface area contributed by atoms with Crippen LogP contribution in [-0.4, -0.2) is 79.3 Å². The van der Waals surface area contributed by atoms with E-state index in [4.69, 9.17) is 23.7 Å². The smallest absolute Gasteiger partial charge is 0.265 e. The number of sulfonamides is 1. The molecule has 0 aromatic heterocycles. The van der Waals surface area contributed by atoms with Crippen molar-refractivity contribution in [1.82, 2.24) is 10.2 Å². The van der Waals surface area contributed by atoms with E-state index in [9.17, 15) is 18.0 Å². The first kappa shape index (κ1) is 35.2. The normalized spacial score (nSPS) is 13.7. The number of hydrogen-bond donors (Lipinski definition) is 1. The van der Waals surface area contributed by atoms with E-state index in [2.05, 4.69) is 5.32 Å². The fourth-order valence-electron chi connectivity index (χ4n) is 5.51. The summed E-state index contributed by atoms with van der Waals surface area (Å²) in [6.07, 6.45) is 3.80. The monoisotopic (exact) mass is 669 g/mol. The Hall–Kier alpha value is -4.65. The van der Waals surface area contributed by atoms with Crippen LogP contribution >= 0.6 is 0 Å². The molecule has 3 aromatic carbocycles. The molecule has 0 radical (unpaired) electrons. The summed E-state index contributed by atoms with van der Waals surface area (Å²) in [6, 6.07) is 15.1. The molecule has 254 valence electrons. The minimum Gasteiger partial charge on any atom is -0.497 e. The van der Waals surface area contributed by atoms with Gasteiger partial charge in [0.05, 0.1) is 46.1 Å². The molecule has 0 aliphatic heterocycles. The Balaban J connectivity index is 1.79. The van der Waals surface area contributed by atoms with Crippen LogP contribution in [0.1, 0.15) is 38.2 Å². The maximum absolute atomic E-state index is 14.5. The van der Waals surface area contributed by atoms with E-state index in [1.54, 1.807) is 50.4 Å². The number of carbonyl (C=O) groups is 2. The number of ether oxygens (including phenoxy) is 5. The molecule has 0 unspecified atom stereocenters. The molecule has 0 saturated heterocycles. The summed E-state index contributed by atoms with van der Waals surface area (Å²) in [5.74, 6) is 0.778. The van der Waals surface area contributed by atoms with Gasteiger partial charge in [0.25, 0.3) is 10.0 Å². The van der Waals surface area contributed by atoms with E-state index < -0.39 is 28.5 Å². The zero-order valence-electron chi connectivity index (χ0n) is 27.6. The highest BCUT2D eigenvalue weighted by Gasteiger charge is 2.35. The highest BCUT2D eigenvalue weighted by Crippen LogP contribution is 2.38. The number of methoxy groups -OCH3 is 5.